The van der Waals surface area contributed by atoms with Crippen molar-refractivity contribution in [3.63, 3.8) is 0 Å². The van der Waals surface area contributed by atoms with Gasteiger partial charge >= 0.3 is 11.9 Å². The predicted octanol–water partition coefficient (Wildman–Crippen LogP) is 0.927. The van der Waals surface area contributed by atoms with Crippen LogP contribution in [0.1, 0.15) is 36.6 Å². The van der Waals surface area contributed by atoms with Crippen molar-refractivity contribution < 1.29 is 33.5 Å². The molecule has 0 bridgehead atoms. The van der Waals surface area contributed by atoms with Gasteiger partial charge in [-0.2, -0.15) is 0 Å². The van der Waals surface area contributed by atoms with Gasteiger partial charge in [-0.25, -0.2) is 9.59 Å². The number of amides is 1. The van der Waals surface area contributed by atoms with Crippen LogP contribution in [0.3, 0.4) is 0 Å². The number of benzene rings is 2. The number of hydrogen-bond acceptors (Lipinski definition) is 6. The number of esters is 2. The number of rotatable bonds is 6. The molecule has 2 N–H and O–H groups in total. The van der Waals surface area contributed by atoms with Crippen molar-refractivity contribution in [3.05, 3.63) is 64.7 Å². The number of carbonyl (C=O) groups is 3. The van der Waals surface area contributed by atoms with E-state index >= 15 is 0 Å². The molecule has 0 spiro atoms. The summed E-state index contributed by atoms with van der Waals surface area (Å²) in [6, 6.07) is 11.6. The third kappa shape index (κ3) is 5.22. The van der Waals surface area contributed by atoms with Crippen LogP contribution < -0.4 is 10.2 Å². The Morgan fingerprint density at radius 1 is 0.933 bits per heavy atom. The summed E-state index contributed by atoms with van der Waals surface area (Å²) in [6.07, 6.45) is 0. The lowest BCUT2D eigenvalue weighted by molar-refractivity contribution is -0.921. The number of carbonyl (C=O) groups excluding carboxylic acids is 3. The highest BCUT2D eigenvalue weighted by molar-refractivity contribution is 6.09. The van der Waals surface area contributed by atoms with Gasteiger partial charge in [0.25, 0.3) is 5.91 Å². The summed E-state index contributed by atoms with van der Waals surface area (Å²) < 4.78 is 14.8. The van der Waals surface area contributed by atoms with Crippen LogP contribution in [0.2, 0.25) is 0 Å². The molecule has 30 heavy (non-hydrogen) atoms. The maximum atomic E-state index is 12.7. The molecule has 158 valence electrons. The topological polar surface area (TPSA) is 95.4 Å². The van der Waals surface area contributed by atoms with Crippen LogP contribution in [0, 0.1) is 0 Å². The first-order chi connectivity index (χ1) is 14.5. The van der Waals surface area contributed by atoms with Crippen molar-refractivity contribution in [1.29, 1.82) is 0 Å². The fraction of sp³-hybridized carbons (Fsp3) is 0.318. The zero-order valence-corrected chi connectivity index (χ0v) is 17.0. The van der Waals surface area contributed by atoms with Gasteiger partial charge in [0.05, 0.1) is 44.2 Å². The molecular weight excluding hydrogens is 388 g/mol. The number of quaternary nitrogens is 1. The van der Waals surface area contributed by atoms with Gasteiger partial charge in [0.1, 0.15) is 19.6 Å². The molecule has 3 rings (SSSR count). The summed E-state index contributed by atoms with van der Waals surface area (Å²) in [5, 5.41) is 2.69. The fourth-order valence-corrected chi connectivity index (χ4v) is 3.27. The maximum Gasteiger partial charge on any atom is 0.339 e. The van der Waals surface area contributed by atoms with Gasteiger partial charge in [0, 0.05) is 11.1 Å². The number of nitrogens with one attached hydrogen (secondary N) is 2. The first-order valence-electron chi connectivity index (χ1n) is 9.64. The number of methoxy groups -OCH3 is 2. The Labute approximate surface area is 174 Å². The minimum absolute atomic E-state index is 0.144. The monoisotopic (exact) mass is 413 g/mol. The van der Waals surface area contributed by atoms with E-state index in [1.807, 2.05) is 12.1 Å². The maximum absolute atomic E-state index is 12.7. The summed E-state index contributed by atoms with van der Waals surface area (Å²) in [7, 11) is 2.51. The Morgan fingerprint density at radius 3 is 2.20 bits per heavy atom. The third-order valence-electron chi connectivity index (χ3n) is 4.96. The summed E-state index contributed by atoms with van der Waals surface area (Å²) in [5.74, 6) is -1.59. The minimum atomic E-state index is -0.620. The lowest BCUT2D eigenvalue weighted by Gasteiger charge is -2.23. The summed E-state index contributed by atoms with van der Waals surface area (Å²) in [5.41, 5.74) is 2.10. The van der Waals surface area contributed by atoms with E-state index in [2.05, 4.69) is 5.32 Å². The highest BCUT2D eigenvalue weighted by Crippen LogP contribution is 2.21. The first-order valence-corrected chi connectivity index (χ1v) is 9.64. The average Bonchev–Trinajstić information content (AvgIpc) is 2.79. The molecule has 8 heteroatoms. The van der Waals surface area contributed by atoms with Gasteiger partial charge in [0.2, 0.25) is 0 Å². The highest BCUT2D eigenvalue weighted by Gasteiger charge is 2.19. The Morgan fingerprint density at radius 2 is 1.57 bits per heavy atom. The predicted molar refractivity (Wildman–Crippen MR) is 109 cm³/mol. The zero-order chi connectivity index (χ0) is 21.5. The molecule has 8 nitrogen and oxygen atoms in total. The van der Waals surface area contributed by atoms with E-state index in [0.717, 1.165) is 38.4 Å². The quantitative estimate of drug-likeness (QED) is 0.684. The van der Waals surface area contributed by atoms with Crippen LogP contribution in [-0.4, -0.2) is 58.4 Å². The van der Waals surface area contributed by atoms with Crippen molar-refractivity contribution in [2.75, 3.05) is 45.8 Å². The van der Waals surface area contributed by atoms with Crippen molar-refractivity contribution in [2.45, 2.75) is 6.54 Å². The first kappa shape index (κ1) is 21.5. The Kier molecular flexibility index (Phi) is 7.16. The molecule has 1 saturated heterocycles. The normalized spacial score (nSPS) is 14.1. The molecule has 1 amide bonds. The minimum Gasteiger partial charge on any atom is -0.465 e. The molecular formula is C22H25N2O6+. The van der Waals surface area contributed by atoms with Crippen LogP contribution in [0.5, 0.6) is 0 Å². The Balaban J connectivity index is 1.75. The molecule has 0 unspecified atom stereocenters. The van der Waals surface area contributed by atoms with Crippen LogP contribution in [0.15, 0.2) is 42.5 Å². The van der Waals surface area contributed by atoms with Crippen molar-refractivity contribution in [3.8, 4) is 0 Å². The number of anilines is 1. The second-order valence-corrected chi connectivity index (χ2v) is 6.93. The largest absolute Gasteiger partial charge is 0.465 e. The molecule has 0 atom stereocenters. The molecule has 0 aliphatic carbocycles. The van der Waals surface area contributed by atoms with Crippen molar-refractivity contribution >= 4 is 23.5 Å². The summed E-state index contributed by atoms with van der Waals surface area (Å²) >= 11 is 0. The molecule has 0 saturated carbocycles. The molecule has 2 aromatic carbocycles. The van der Waals surface area contributed by atoms with E-state index < -0.39 is 17.8 Å². The van der Waals surface area contributed by atoms with Crippen LogP contribution in [-0.2, 0) is 20.8 Å². The van der Waals surface area contributed by atoms with Crippen LogP contribution in [0.4, 0.5) is 5.69 Å². The van der Waals surface area contributed by atoms with Gasteiger partial charge in [-0.05, 0) is 30.3 Å². The molecule has 2 aromatic rings. The molecule has 1 aliphatic rings. The van der Waals surface area contributed by atoms with E-state index in [1.54, 1.807) is 12.1 Å². The highest BCUT2D eigenvalue weighted by atomic mass is 16.5. The lowest BCUT2D eigenvalue weighted by atomic mass is 10.1. The molecule has 0 aromatic heterocycles. The van der Waals surface area contributed by atoms with Gasteiger partial charge in [-0.1, -0.05) is 12.1 Å². The average molecular weight is 413 g/mol. The SMILES string of the molecule is COC(=O)c1ccc(C(=O)OC)c(NC(=O)c2ccc(C[NH+]3CCOCC3)cc2)c1. The fourth-order valence-electron chi connectivity index (χ4n) is 3.27. The summed E-state index contributed by atoms with van der Waals surface area (Å²) in [4.78, 5) is 38.0. The van der Waals surface area contributed by atoms with Crippen molar-refractivity contribution in [1.82, 2.24) is 0 Å². The second kappa shape index (κ2) is 10.00. The third-order valence-corrected chi connectivity index (χ3v) is 4.96. The Bertz CT molecular complexity index is 920. The van der Waals surface area contributed by atoms with Crippen LogP contribution in [0.25, 0.3) is 0 Å². The summed E-state index contributed by atoms with van der Waals surface area (Å²) in [6.45, 7) is 4.34. The standard InChI is InChI=1S/C22H24N2O6/c1-28-21(26)17-7-8-18(22(27)29-2)19(13-17)23-20(25)16-5-3-15(4-6-16)14-24-9-11-30-12-10-24/h3-8,13H,9-12,14H2,1-2H3,(H,23,25)/p+1. The van der Waals surface area contributed by atoms with Crippen LogP contribution >= 0.6 is 0 Å². The zero-order valence-electron chi connectivity index (χ0n) is 17.0. The van der Waals surface area contributed by atoms with Gasteiger partial charge in [0.15, 0.2) is 0 Å². The van der Waals surface area contributed by atoms with Gasteiger partial charge < -0.3 is 24.4 Å². The van der Waals surface area contributed by atoms with E-state index in [-0.39, 0.29) is 16.8 Å². The van der Waals surface area contributed by atoms with E-state index in [0.29, 0.717) is 5.56 Å². The molecule has 1 fully saturated rings. The number of ether oxygens (including phenoxy) is 3. The lowest BCUT2D eigenvalue weighted by Crippen LogP contribution is -3.12. The van der Waals surface area contributed by atoms with Crippen molar-refractivity contribution in [2.24, 2.45) is 0 Å². The van der Waals surface area contributed by atoms with E-state index in [1.165, 1.54) is 37.3 Å². The second-order valence-electron chi connectivity index (χ2n) is 6.93. The van der Waals surface area contributed by atoms with Gasteiger partial charge in [-0.3, -0.25) is 4.79 Å². The Hall–Kier alpha value is -3.23. The molecule has 0 radical (unpaired) electrons. The number of hydrogen-bond donors (Lipinski definition) is 2. The van der Waals surface area contributed by atoms with E-state index in [4.69, 9.17) is 14.2 Å². The number of morpholine rings is 1. The van der Waals surface area contributed by atoms with Gasteiger partial charge in [-0.15, -0.1) is 0 Å². The van der Waals surface area contributed by atoms with E-state index in [9.17, 15) is 14.4 Å². The molecule has 1 heterocycles. The smallest absolute Gasteiger partial charge is 0.339 e. The molecule has 1 aliphatic heterocycles.